The average molecular weight is 503 g/mol. The van der Waals surface area contributed by atoms with Gasteiger partial charge < -0.3 is 20.1 Å². The summed E-state index contributed by atoms with van der Waals surface area (Å²) in [5.74, 6) is -2.06. The number of halogens is 2. The lowest BCUT2D eigenvalue weighted by Crippen LogP contribution is -2.44. The summed E-state index contributed by atoms with van der Waals surface area (Å²) in [7, 11) is 0. The zero-order chi connectivity index (χ0) is 25.6. The van der Waals surface area contributed by atoms with E-state index in [-0.39, 0.29) is 18.6 Å². The normalized spacial score (nSPS) is 13.7. The minimum absolute atomic E-state index is 0.0226. The first kappa shape index (κ1) is 26.4. The molecule has 0 unspecified atom stereocenters. The average Bonchev–Trinajstić information content (AvgIpc) is 3.30. The molecule has 0 bridgehead atoms. The van der Waals surface area contributed by atoms with Gasteiger partial charge in [0.05, 0.1) is 17.7 Å². The quantitative estimate of drug-likeness (QED) is 0.344. The Bertz CT molecular complexity index is 1180. The third-order valence-corrected chi connectivity index (χ3v) is 6.10. The molecule has 2 atom stereocenters. The Morgan fingerprint density at radius 3 is 2.54 bits per heavy atom. The van der Waals surface area contributed by atoms with E-state index in [1.54, 1.807) is 36.4 Å². The van der Waals surface area contributed by atoms with Crippen molar-refractivity contribution in [2.75, 3.05) is 6.61 Å². The van der Waals surface area contributed by atoms with Gasteiger partial charge in [-0.2, -0.15) is 0 Å². The summed E-state index contributed by atoms with van der Waals surface area (Å²) in [6, 6.07) is 12.3. The molecule has 2 aromatic carbocycles. The summed E-state index contributed by atoms with van der Waals surface area (Å²) in [5, 5.41) is 26.5. The second-order valence-electron chi connectivity index (χ2n) is 8.86. The highest BCUT2D eigenvalue weighted by atomic mass is 35.5. The lowest BCUT2D eigenvalue weighted by atomic mass is 9.82. The third kappa shape index (κ3) is 6.68. The molecule has 0 saturated heterocycles. The molecule has 3 N–H and O–H groups in total. The maximum absolute atomic E-state index is 14.2. The Kier molecular flexibility index (Phi) is 8.64. The van der Waals surface area contributed by atoms with E-state index in [9.17, 15) is 24.2 Å². The standard InChI is InChI=1S/C26H28ClFN2O5/c1-3-4-19-13-23(35-30-19)24(32)29-20(14-26(2,15-31)25(33)34)11-16-5-7-17(8-6-16)21-12-18(27)9-10-22(21)28/h5-10,12-13,20,31H,3-4,11,14-15H2,1-2H3,(H,29,32)(H,33,34)/t20-,26+/m1/s1. The van der Waals surface area contributed by atoms with E-state index >= 15 is 0 Å². The Balaban J connectivity index is 1.82. The summed E-state index contributed by atoms with van der Waals surface area (Å²) < 4.78 is 19.4. The van der Waals surface area contributed by atoms with E-state index in [2.05, 4.69) is 10.5 Å². The molecule has 3 aromatic rings. The highest BCUT2D eigenvalue weighted by molar-refractivity contribution is 6.30. The number of hydrogen-bond acceptors (Lipinski definition) is 5. The Hall–Kier alpha value is -3.23. The predicted molar refractivity (Wildman–Crippen MR) is 130 cm³/mol. The molecule has 0 aliphatic rings. The molecule has 1 amide bonds. The number of nitrogens with zero attached hydrogens (tertiary/aromatic N) is 1. The first-order valence-corrected chi connectivity index (χ1v) is 11.7. The first-order valence-electron chi connectivity index (χ1n) is 11.3. The molecule has 186 valence electrons. The number of nitrogens with one attached hydrogen (secondary N) is 1. The van der Waals surface area contributed by atoms with Crippen LogP contribution in [0.15, 0.2) is 53.1 Å². The van der Waals surface area contributed by atoms with Crippen LogP contribution in [0.25, 0.3) is 11.1 Å². The number of rotatable bonds is 11. The number of aryl methyl sites for hydroxylation is 1. The highest BCUT2D eigenvalue weighted by Gasteiger charge is 2.36. The number of carbonyl (C=O) groups is 2. The summed E-state index contributed by atoms with van der Waals surface area (Å²) in [4.78, 5) is 24.6. The molecule has 1 heterocycles. The summed E-state index contributed by atoms with van der Waals surface area (Å²) in [6.45, 7) is 2.82. The molecule has 1 aromatic heterocycles. The van der Waals surface area contributed by atoms with Gasteiger partial charge in [0, 0.05) is 22.7 Å². The van der Waals surface area contributed by atoms with Crippen LogP contribution in [0, 0.1) is 11.2 Å². The zero-order valence-corrected chi connectivity index (χ0v) is 20.3. The van der Waals surface area contributed by atoms with Crippen LogP contribution in [0.3, 0.4) is 0 Å². The van der Waals surface area contributed by atoms with Crippen molar-refractivity contribution in [2.24, 2.45) is 5.41 Å². The summed E-state index contributed by atoms with van der Waals surface area (Å²) in [6.07, 6.45) is 1.77. The van der Waals surface area contributed by atoms with Crippen LogP contribution in [-0.2, 0) is 17.6 Å². The number of aliphatic carboxylic acids is 1. The van der Waals surface area contributed by atoms with Gasteiger partial charge in [0.25, 0.3) is 5.91 Å². The van der Waals surface area contributed by atoms with Crippen LogP contribution >= 0.6 is 11.6 Å². The highest BCUT2D eigenvalue weighted by Crippen LogP contribution is 2.28. The molecule has 0 fully saturated rings. The SMILES string of the molecule is CCCc1cc(C(=O)N[C@H](Cc2ccc(-c3cc(Cl)ccc3F)cc2)C[C@@](C)(CO)C(=O)O)on1. The van der Waals surface area contributed by atoms with Gasteiger partial charge in [-0.3, -0.25) is 9.59 Å². The Morgan fingerprint density at radius 2 is 1.91 bits per heavy atom. The van der Waals surface area contributed by atoms with Crippen molar-refractivity contribution in [3.05, 3.63) is 76.4 Å². The van der Waals surface area contributed by atoms with Crippen LogP contribution in [0.1, 0.15) is 48.5 Å². The van der Waals surface area contributed by atoms with Crippen molar-refractivity contribution in [1.82, 2.24) is 10.5 Å². The molecular formula is C26H28ClFN2O5. The molecule has 7 nitrogen and oxygen atoms in total. The molecule has 3 rings (SSSR count). The number of aliphatic hydroxyl groups is 1. The molecule has 0 saturated carbocycles. The number of carbonyl (C=O) groups excluding carboxylic acids is 1. The van der Waals surface area contributed by atoms with Gasteiger partial charge in [-0.1, -0.05) is 54.4 Å². The zero-order valence-electron chi connectivity index (χ0n) is 19.6. The van der Waals surface area contributed by atoms with Gasteiger partial charge in [0.2, 0.25) is 5.76 Å². The first-order chi connectivity index (χ1) is 16.6. The number of carboxylic acid groups (broad SMARTS) is 1. The Labute approximate surface area is 207 Å². The predicted octanol–water partition coefficient (Wildman–Crippen LogP) is 4.90. The second-order valence-corrected chi connectivity index (χ2v) is 9.29. The van der Waals surface area contributed by atoms with Crippen LogP contribution in [-0.4, -0.2) is 39.9 Å². The van der Waals surface area contributed by atoms with E-state index in [1.165, 1.54) is 19.1 Å². The maximum Gasteiger partial charge on any atom is 0.311 e. The number of aromatic nitrogens is 1. The van der Waals surface area contributed by atoms with E-state index in [1.807, 2.05) is 6.92 Å². The van der Waals surface area contributed by atoms with E-state index < -0.39 is 35.8 Å². The monoisotopic (exact) mass is 502 g/mol. The van der Waals surface area contributed by atoms with Crippen molar-refractivity contribution in [2.45, 2.75) is 45.6 Å². The smallest absolute Gasteiger partial charge is 0.311 e. The van der Waals surface area contributed by atoms with Crippen molar-refractivity contribution in [3.63, 3.8) is 0 Å². The van der Waals surface area contributed by atoms with Crippen LogP contribution in [0.2, 0.25) is 5.02 Å². The van der Waals surface area contributed by atoms with Crippen LogP contribution < -0.4 is 5.32 Å². The fourth-order valence-electron chi connectivity index (χ4n) is 3.81. The number of hydrogen-bond donors (Lipinski definition) is 3. The molecule has 35 heavy (non-hydrogen) atoms. The number of benzene rings is 2. The van der Waals surface area contributed by atoms with Crippen molar-refractivity contribution in [1.29, 1.82) is 0 Å². The molecule has 0 aliphatic heterocycles. The number of amides is 1. The summed E-state index contributed by atoms with van der Waals surface area (Å²) in [5.41, 5.74) is 0.975. The van der Waals surface area contributed by atoms with Crippen LogP contribution in [0.5, 0.6) is 0 Å². The van der Waals surface area contributed by atoms with E-state index in [4.69, 9.17) is 16.1 Å². The van der Waals surface area contributed by atoms with Gasteiger partial charge in [-0.15, -0.1) is 0 Å². The van der Waals surface area contributed by atoms with Crippen LogP contribution in [0.4, 0.5) is 4.39 Å². The Morgan fingerprint density at radius 1 is 1.20 bits per heavy atom. The maximum atomic E-state index is 14.2. The van der Waals surface area contributed by atoms with Gasteiger partial charge >= 0.3 is 5.97 Å². The molecule has 9 heteroatoms. The van der Waals surface area contributed by atoms with Crippen molar-refractivity contribution in [3.8, 4) is 11.1 Å². The number of carboxylic acids is 1. The largest absolute Gasteiger partial charge is 0.481 e. The van der Waals surface area contributed by atoms with Gasteiger partial charge in [0.1, 0.15) is 5.82 Å². The van der Waals surface area contributed by atoms with E-state index in [0.717, 1.165) is 12.0 Å². The van der Waals surface area contributed by atoms with Crippen molar-refractivity contribution >= 4 is 23.5 Å². The molecule has 0 spiro atoms. The van der Waals surface area contributed by atoms with Crippen molar-refractivity contribution < 1.29 is 28.7 Å². The fourth-order valence-corrected chi connectivity index (χ4v) is 3.98. The van der Waals surface area contributed by atoms with Gasteiger partial charge in [0.15, 0.2) is 0 Å². The van der Waals surface area contributed by atoms with Gasteiger partial charge in [-0.05, 0) is 55.5 Å². The fraction of sp³-hybridized carbons (Fsp3) is 0.346. The van der Waals surface area contributed by atoms with Gasteiger partial charge in [-0.25, -0.2) is 4.39 Å². The van der Waals surface area contributed by atoms with E-state index in [0.29, 0.717) is 28.3 Å². The molecule has 0 radical (unpaired) electrons. The third-order valence-electron chi connectivity index (χ3n) is 5.86. The lowest BCUT2D eigenvalue weighted by molar-refractivity contribution is -0.151. The minimum Gasteiger partial charge on any atom is -0.481 e. The minimum atomic E-state index is -1.46. The second kappa shape index (κ2) is 11.5. The molecular weight excluding hydrogens is 475 g/mol. The topological polar surface area (TPSA) is 113 Å². The lowest BCUT2D eigenvalue weighted by Gasteiger charge is -2.28. The molecule has 0 aliphatic carbocycles. The number of aliphatic hydroxyl groups excluding tert-OH is 1. The summed E-state index contributed by atoms with van der Waals surface area (Å²) >= 11 is 6.00.